The van der Waals surface area contributed by atoms with Gasteiger partial charge in [0, 0.05) is 39.4 Å². The molecule has 0 saturated heterocycles. The number of carbonyl (C=O) groups is 2. The number of rotatable bonds is 9. The van der Waals surface area contributed by atoms with Gasteiger partial charge in [0.05, 0.1) is 10.5 Å². The van der Waals surface area contributed by atoms with Gasteiger partial charge in [-0.05, 0) is 56.2 Å². The van der Waals surface area contributed by atoms with Crippen molar-refractivity contribution in [1.29, 1.82) is 0 Å². The fourth-order valence-electron chi connectivity index (χ4n) is 2.94. The number of likely N-dealkylation sites (N-methyl/N-ethyl adjacent to an activating group) is 1. The third-order valence-corrected chi connectivity index (χ3v) is 6.41. The Morgan fingerprint density at radius 1 is 1.03 bits per heavy atom. The van der Waals surface area contributed by atoms with E-state index in [0.717, 1.165) is 11.3 Å². The molecule has 174 valence electrons. The molecule has 0 unspecified atom stereocenters. The van der Waals surface area contributed by atoms with Crippen molar-refractivity contribution in [2.45, 2.75) is 38.3 Å². The summed E-state index contributed by atoms with van der Waals surface area (Å²) in [5.74, 6) is -1.11. The number of carbonyl (C=O) groups excluding carboxylic acids is 2. The number of nitrogens with one attached hydrogen (secondary N) is 1. The second kappa shape index (κ2) is 10.6. The zero-order valence-electron chi connectivity index (χ0n) is 19.4. The number of esters is 1. The Morgan fingerprint density at radius 2 is 1.66 bits per heavy atom. The van der Waals surface area contributed by atoms with E-state index in [2.05, 4.69) is 4.72 Å². The molecule has 32 heavy (non-hydrogen) atoms. The highest BCUT2D eigenvalue weighted by atomic mass is 32.2. The summed E-state index contributed by atoms with van der Waals surface area (Å²) in [6.07, 6.45) is 0. The summed E-state index contributed by atoms with van der Waals surface area (Å²) in [5.41, 5.74) is 2.66. The Kier molecular flexibility index (Phi) is 8.40. The third kappa shape index (κ3) is 6.80. The maximum absolute atomic E-state index is 12.5. The normalized spacial score (nSPS) is 11.3. The second-order valence-electron chi connectivity index (χ2n) is 8.14. The summed E-state index contributed by atoms with van der Waals surface area (Å²) < 4.78 is 32.4. The Bertz CT molecular complexity index is 1060. The third-order valence-electron chi connectivity index (χ3n) is 4.76. The molecule has 2 aromatic rings. The van der Waals surface area contributed by atoms with Gasteiger partial charge in [-0.25, -0.2) is 17.9 Å². The van der Waals surface area contributed by atoms with Crippen LogP contribution in [0.4, 0.5) is 5.69 Å². The highest BCUT2D eigenvalue weighted by Gasteiger charge is 2.20. The monoisotopic (exact) mass is 461 g/mol. The molecule has 0 spiro atoms. The van der Waals surface area contributed by atoms with Crippen molar-refractivity contribution >= 4 is 27.6 Å². The van der Waals surface area contributed by atoms with Crippen LogP contribution in [0.15, 0.2) is 47.4 Å². The number of anilines is 1. The number of aryl methyl sites for hydroxylation is 1. The summed E-state index contributed by atoms with van der Waals surface area (Å²) in [5, 5.41) is 0. The van der Waals surface area contributed by atoms with Crippen molar-refractivity contribution in [1.82, 2.24) is 9.62 Å². The molecule has 0 fully saturated rings. The first-order chi connectivity index (χ1) is 14.9. The average Bonchev–Trinajstić information content (AvgIpc) is 2.71. The van der Waals surface area contributed by atoms with E-state index in [1.807, 2.05) is 43.3 Å². The number of amides is 1. The van der Waals surface area contributed by atoms with Crippen LogP contribution in [0, 0.1) is 6.92 Å². The smallest absolute Gasteiger partial charge is 0.338 e. The number of hydrogen-bond donors (Lipinski definition) is 1. The Hall–Kier alpha value is -2.91. The second-order valence-corrected chi connectivity index (χ2v) is 9.85. The molecule has 0 saturated carbocycles. The highest BCUT2D eigenvalue weighted by molar-refractivity contribution is 7.89. The lowest BCUT2D eigenvalue weighted by Gasteiger charge is -2.18. The van der Waals surface area contributed by atoms with E-state index in [-0.39, 0.29) is 22.4 Å². The van der Waals surface area contributed by atoms with Crippen molar-refractivity contribution in [2.75, 3.05) is 32.6 Å². The van der Waals surface area contributed by atoms with Crippen molar-refractivity contribution < 1.29 is 22.7 Å². The van der Waals surface area contributed by atoms with Crippen LogP contribution in [0.3, 0.4) is 0 Å². The van der Waals surface area contributed by atoms with E-state index in [4.69, 9.17) is 4.74 Å². The molecule has 8 nitrogen and oxygen atoms in total. The number of benzene rings is 2. The Labute approximate surface area is 190 Å². The zero-order valence-corrected chi connectivity index (χ0v) is 20.2. The van der Waals surface area contributed by atoms with Crippen LogP contribution in [-0.4, -0.2) is 59.0 Å². The molecule has 1 N–H and O–H groups in total. The quantitative estimate of drug-likeness (QED) is 0.577. The van der Waals surface area contributed by atoms with Crippen LogP contribution < -0.4 is 9.62 Å². The van der Waals surface area contributed by atoms with Gasteiger partial charge >= 0.3 is 5.97 Å². The van der Waals surface area contributed by atoms with Crippen molar-refractivity contribution in [2.24, 2.45) is 0 Å². The van der Waals surface area contributed by atoms with Gasteiger partial charge in [0.15, 0.2) is 6.61 Å². The SMILES string of the molecule is Cc1ccc(S(=O)(=O)NC(C)C)cc1C(=O)OCC(=O)N(C)Cc1ccc(N(C)C)cc1. The van der Waals surface area contributed by atoms with Gasteiger partial charge in [0.25, 0.3) is 5.91 Å². The van der Waals surface area contributed by atoms with E-state index >= 15 is 0 Å². The highest BCUT2D eigenvalue weighted by Crippen LogP contribution is 2.17. The number of sulfonamides is 1. The van der Waals surface area contributed by atoms with E-state index < -0.39 is 22.6 Å². The number of ether oxygens (including phenoxy) is 1. The maximum Gasteiger partial charge on any atom is 0.338 e. The molecule has 1 amide bonds. The van der Waals surface area contributed by atoms with Crippen LogP contribution in [0.5, 0.6) is 0 Å². The molecule has 0 heterocycles. The summed E-state index contributed by atoms with van der Waals surface area (Å²) in [6, 6.07) is 11.7. The predicted octanol–water partition coefficient (Wildman–Crippen LogP) is 2.56. The topological polar surface area (TPSA) is 96.0 Å². The van der Waals surface area contributed by atoms with E-state index in [9.17, 15) is 18.0 Å². The summed E-state index contributed by atoms with van der Waals surface area (Å²) in [7, 11) is 1.78. The molecule has 0 aliphatic rings. The van der Waals surface area contributed by atoms with Gasteiger partial charge in [0.2, 0.25) is 10.0 Å². The molecular formula is C23H31N3O5S. The maximum atomic E-state index is 12.5. The largest absolute Gasteiger partial charge is 0.452 e. The summed E-state index contributed by atoms with van der Waals surface area (Å²) >= 11 is 0. The van der Waals surface area contributed by atoms with Gasteiger partial charge in [-0.3, -0.25) is 4.79 Å². The van der Waals surface area contributed by atoms with E-state index in [1.54, 1.807) is 27.8 Å². The van der Waals surface area contributed by atoms with Crippen molar-refractivity contribution in [3.05, 3.63) is 59.2 Å². The molecule has 0 bridgehead atoms. The van der Waals surface area contributed by atoms with Crippen LogP contribution in [0.2, 0.25) is 0 Å². The standard InChI is InChI=1S/C23H31N3O5S/c1-16(2)24-32(29,30)20-12-7-17(3)21(13-20)23(28)31-15-22(27)26(6)14-18-8-10-19(11-9-18)25(4)5/h7-13,16,24H,14-15H2,1-6H3. The van der Waals surface area contributed by atoms with Gasteiger partial charge in [-0.1, -0.05) is 18.2 Å². The molecule has 0 aromatic heterocycles. The van der Waals surface area contributed by atoms with Gasteiger partial charge < -0.3 is 14.5 Å². The summed E-state index contributed by atoms with van der Waals surface area (Å²) in [6.45, 7) is 5.02. The van der Waals surface area contributed by atoms with Crippen molar-refractivity contribution in [3.63, 3.8) is 0 Å². The van der Waals surface area contributed by atoms with Gasteiger partial charge in [-0.15, -0.1) is 0 Å². The fourth-order valence-corrected chi connectivity index (χ4v) is 4.22. The first kappa shape index (κ1) is 25.4. The molecule has 2 aromatic carbocycles. The minimum Gasteiger partial charge on any atom is -0.452 e. The molecular weight excluding hydrogens is 430 g/mol. The minimum atomic E-state index is -3.76. The molecule has 9 heteroatoms. The van der Waals surface area contributed by atoms with Crippen molar-refractivity contribution in [3.8, 4) is 0 Å². The van der Waals surface area contributed by atoms with Crippen LogP contribution >= 0.6 is 0 Å². The first-order valence-corrected chi connectivity index (χ1v) is 11.7. The Morgan fingerprint density at radius 3 is 2.22 bits per heavy atom. The molecule has 0 radical (unpaired) electrons. The molecule has 0 aliphatic heterocycles. The van der Waals surface area contributed by atoms with E-state index in [0.29, 0.717) is 12.1 Å². The zero-order chi connectivity index (χ0) is 24.1. The van der Waals surface area contributed by atoms with Gasteiger partial charge in [0.1, 0.15) is 0 Å². The Balaban J connectivity index is 2.02. The lowest BCUT2D eigenvalue weighted by atomic mass is 10.1. The number of hydrogen-bond acceptors (Lipinski definition) is 6. The van der Waals surface area contributed by atoms with Crippen LogP contribution in [0.25, 0.3) is 0 Å². The van der Waals surface area contributed by atoms with Crippen LogP contribution in [-0.2, 0) is 26.1 Å². The molecule has 2 rings (SSSR count). The molecule has 0 aliphatic carbocycles. The molecule has 0 atom stereocenters. The lowest BCUT2D eigenvalue weighted by molar-refractivity contribution is -0.133. The predicted molar refractivity (Wildman–Crippen MR) is 124 cm³/mol. The van der Waals surface area contributed by atoms with E-state index in [1.165, 1.54) is 23.1 Å². The average molecular weight is 462 g/mol. The van der Waals surface area contributed by atoms with Gasteiger partial charge in [-0.2, -0.15) is 0 Å². The fraction of sp³-hybridized carbons (Fsp3) is 0.391. The minimum absolute atomic E-state index is 0.0339. The van der Waals surface area contributed by atoms with Crippen LogP contribution in [0.1, 0.15) is 35.3 Å². The first-order valence-electron chi connectivity index (χ1n) is 10.2. The summed E-state index contributed by atoms with van der Waals surface area (Å²) in [4.78, 5) is 28.4. The number of nitrogens with zero attached hydrogens (tertiary/aromatic N) is 2. The lowest BCUT2D eigenvalue weighted by Crippen LogP contribution is -2.31.